The van der Waals surface area contributed by atoms with Gasteiger partial charge in [-0.3, -0.25) is 0 Å². The van der Waals surface area contributed by atoms with Crippen molar-refractivity contribution >= 4 is 11.4 Å². The zero-order valence-electron chi connectivity index (χ0n) is 9.74. The molecule has 2 aromatic carbocycles. The molecule has 1 atom stereocenters. The third-order valence-electron chi connectivity index (χ3n) is 3.28. The summed E-state index contributed by atoms with van der Waals surface area (Å²) in [6.07, 6.45) is 2.16. The molecule has 0 aromatic heterocycles. The Hall–Kier alpha value is -2.31. The van der Waals surface area contributed by atoms with Crippen LogP contribution in [0.1, 0.15) is 17.2 Å². The first-order chi connectivity index (χ1) is 8.81. The van der Waals surface area contributed by atoms with Gasteiger partial charge in [0.2, 0.25) is 0 Å². The minimum Gasteiger partial charge on any atom is -0.388 e. The van der Waals surface area contributed by atoms with Crippen LogP contribution in [0.5, 0.6) is 0 Å². The van der Waals surface area contributed by atoms with Crippen LogP contribution in [-0.4, -0.2) is 5.11 Å². The van der Waals surface area contributed by atoms with E-state index in [-0.39, 0.29) is 0 Å². The van der Waals surface area contributed by atoms with Crippen LogP contribution in [-0.2, 0) is 6.42 Å². The average molecular weight is 236 g/mol. The molecule has 18 heavy (non-hydrogen) atoms. The molecule has 2 aromatic rings. The van der Waals surface area contributed by atoms with E-state index in [2.05, 4.69) is 6.19 Å². The normalized spacial score (nSPS) is 17.3. The summed E-state index contributed by atoms with van der Waals surface area (Å²) in [4.78, 5) is 1.58. The lowest BCUT2D eigenvalue weighted by molar-refractivity contribution is 0.180. The maximum Gasteiger partial charge on any atom is 0.189 e. The van der Waals surface area contributed by atoms with Crippen molar-refractivity contribution in [2.45, 2.75) is 12.5 Å². The largest absolute Gasteiger partial charge is 0.388 e. The molecule has 3 rings (SSSR count). The van der Waals surface area contributed by atoms with Crippen LogP contribution in [0.15, 0.2) is 48.5 Å². The van der Waals surface area contributed by atoms with Gasteiger partial charge in [0.25, 0.3) is 0 Å². The number of rotatable bonds is 0. The molecule has 3 heteroatoms. The van der Waals surface area contributed by atoms with Gasteiger partial charge in [-0.05, 0) is 17.7 Å². The molecule has 88 valence electrons. The number of nitriles is 1. The lowest BCUT2D eigenvalue weighted by Gasteiger charge is -2.18. The van der Waals surface area contributed by atoms with Crippen molar-refractivity contribution < 1.29 is 5.11 Å². The van der Waals surface area contributed by atoms with E-state index < -0.39 is 6.10 Å². The van der Waals surface area contributed by atoms with E-state index in [1.165, 1.54) is 0 Å². The number of para-hydroxylation sites is 2. The first kappa shape index (κ1) is 10.8. The van der Waals surface area contributed by atoms with Crippen molar-refractivity contribution in [1.29, 1.82) is 5.26 Å². The van der Waals surface area contributed by atoms with Crippen LogP contribution in [0.2, 0.25) is 0 Å². The Bertz CT molecular complexity index is 630. The van der Waals surface area contributed by atoms with E-state index in [0.29, 0.717) is 6.42 Å². The number of hydrogen-bond acceptors (Lipinski definition) is 3. The van der Waals surface area contributed by atoms with Gasteiger partial charge in [-0.15, -0.1) is 0 Å². The monoisotopic (exact) mass is 236 g/mol. The standard InChI is InChI=1S/C15H12N2O/c16-10-17-13-7-3-1-5-11(13)9-15(18)12-6-2-4-8-14(12)17/h1-8,15,18H,9H2/t15-/m0/s1. The molecule has 0 bridgehead atoms. The summed E-state index contributed by atoms with van der Waals surface area (Å²) in [6, 6.07) is 15.2. The molecule has 0 fully saturated rings. The SMILES string of the molecule is N#CN1c2ccccc2C[C@H](O)c2ccccc21. The predicted molar refractivity (Wildman–Crippen MR) is 69.3 cm³/mol. The molecule has 0 spiro atoms. The number of fused-ring (bicyclic) bond motifs is 2. The molecule has 1 N–H and O–H groups in total. The summed E-state index contributed by atoms with van der Waals surface area (Å²) < 4.78 is 0. The van der Waals surface area contributed by atoms with Crippen LogP contribution < -0.4 is 4.90 Å². The second-order valence-corrected chi connectivity index (χ2v) is 4.34. The maximum absolute atomic E-state index is 10.3. The zero-order valence-corrected chi connectivity index (χ0v) is 9.74. The van der Waals surface area contributed by atoms with Crippen LogP contribution >= 0.6 is 0 Å². The van der Waals surface area contributed by atoms with Crippen molar-refractivity contribution in [3.8, 4) is 6.19 Å². The Balaban J connectivity index is 2.27. The first-order valence-electron chi connectivity index (χ1n) is 5.86. The van der Waals surface area contributed by atoms with Crippen LogP contribution in [0, 0.1) is 11.5 Å². The van der Waals surface area contributed by atoms with E-state index in [0.717, 1.165) is 22.5 Å². The van der Waals surface area contributed by atoms with E-state index in [1.807, 2.05) is 48.5 Å². The van der Waals surface area contributed by atoms with Gasteiger partial charge in [-0.1, -0.05) is 36.4 Å². The molecule has 3 nitrogen and oxygen atoms in total. The number of benzene rings is 2. The summed E-state index contributed by atoms with van der Waals surface area (Å²) in [5.74, 6) is 0. The molecule has 0 unspecified atom stereocenters. The van der Waals surface area contributed by atoms with E-state index in [1.54, 1.807) is 4.90 Å². The highest BCUT2D eigenvalue weighted by Crippen LogP contribution is 2.39. The smallest absolute Gasteiger partial charge is 0.189 e. The molecular weight excluding hydrogens is 224 g/mol. The lowest BCUT2D eigenvalue weighted by atomic mass is 10.0. The number of hydrogen-bond donors (Lipinski definition) is 1. The summed E-state index contributed by atoms with van der Waals surface area (Å²) in [5.41, 5.74) is 3.40. The molecule has 0 aliphatic carbocycles. The third-order valence-corrected chi connectivity index (χ3v) is 3.28. The van der Waals surface area contributed by atoms with E-state index in [4.69, 9.17) is 0 Å². The van der Waals surface area contributed by atoms with E-state index in [9.17, 15) is 10.4 Å². The van der Waals surface area contributed by atoms with Gasteiger partial charge < -0.3 is 5.11 Å². The highest BCUT2D eigenvalue weighted by molar-refractivity contribution is 5.74. The topological polar surface area (TPSA) is 47.3 Å². The zero-order chi connectivity index (χ0) is 12.5. The molecule has 1 aliphatic heterocycles. The first-order valence-corrected chi connectivity index (χ1v) is 5.86. The number of aliphatic hydroxyl groups excluding tert-OH is 1. The Morgan fingerprint density at radius 3 is 2.50 bits per heavy atom. The second kappa shape index (κ2) is 4.17. The van der Waals surface area contributed by atoms with Gasteiger partial charge in [-0.25, -0.2) is 4.90 Å². The molecule has 0 amide bonds. The van der Waals surface area contributed by atoms with Crippen LogP contribution in [0.3, 0.4) is 0 Å². The highest BCUT2D eigenvalue weighted by Gasteiger charge is 2.24. The molecule has 0 saturated carbocycles. The van der Waals surface area contributed by atoms with Gasteiger partial charge >= 0.3 is 0 Å². The number of nitrogens with zero attached hydrogens (tertiary/aromatic N) is 2. The summed E-state index contributed by atoms with van der Waals surface area (Å²) in [6.45, 7) is 0. The molecule has 0 saturated heterocycles. The lowest BCUT2D eigenvalue weighted by Crippen LogP contribution is -2.10. The summed E-state index contributed by atoms with van der Waals surface area (Å²) in [7, 11) is 0. The van der Waals surface area contributed by atoms with Gasteiger partial charge in [-0.2, -0.15) is 5.26 Å². The maximum atomic E-state index is 10.3. The third kappa shape index (κ3) is 1.55. The fourth-order valence-corrected chi connectivity index (χ4v) is 2.43. The van der Waals surface area contributed by atoms with Gasteiger partial charge in [0.05, 0.1) is 17.5 Å². The van der Waals surface area contributed by atoms with Crippen molar-refractivity contribution in [3.05, 3.63) is 59.7 Å². The highest BCUT2D eigenvalue weighted by atomic mass is 16.3. The molecule has 1 heterocycles. The number of anilines is 2. The average Bonchev–Trinajstić information content (AvgIpc) is 2.53. The Morgan fingerprint density at radius 2 is 1.72 bits per heavy atom. The fourth-order valence-electron chi connectivity index (χ4n) is 2.43. The molecule has 1 aliphatic rings. The van der Waals surface area contributed by atoms with Crippen molar-refractivity contribution in [3.63, 3.8) is 0 Å². The quantitative estimate of drug-likeness (QED) is 0.715. The van der Waals surface area contributed by atoms with Crippen LogP contribution in [0.25, 0.3) is 0 Å². The Labute approximate surface area is 106 Å². The molecule has 0 radical (unpaired) electrons. The predicted octanol–water partition coefficient (Wildman–Crippen LogP) is 2.90. The fraction of sp³-hybridized carbons (Fsp3) is 0.133. The number of aliphatic hydroxyl groups is 1. The Morgan fingerprint density at radius 1 is 1.06 bits per heavy atom. The van der Waals surface area contributed by atoms with Crippen molar-refractivity contribution in [2.24, 2.45) is 0 Å². The summed E-state index contributed by atoms with van der Waals surface area (Å²) >= 11 is 0. The minimum absolute atomic E-state index is 0.533. The summed E-state index contributed by atoms with van der Waals surface area (Å²) in [5, 5.41) is 19.7. The van der Waals surface area contributed by atoms with Gasteiger partial charge in [0, 0.05) is 12.0 Å². The van der Waals surface area contributed by atoms with E-state index >= 15 is 0 Å². The second-order valence-electron chi connectivity index (χ2n) is 4.34. The minimum atomic E-state index is -0.569. The van der Waals surface area contributed by atoms with Crippen LogP contribution in [0.4, 0.5) is 11.4 Å². The Kier molecular flexibility index (Phi) is 2.51. The molecular formula is C15H12N2O. The van der Waals surface area contributed by atoms with Crippen molar-refractivity contribution in [1.82, 2.24) is 0 Å². The van der Waals surface area contributed by atoms with Gasteiger partial charge in [0.1, 0.15) is 0 Å². The van der Waals surface area contributed by atoms with Gasteiger partial charge in [0.15, 0.2) is 6.19 Å². The van der Waals surface area contributed by atoms with Crippen molar-refractivity contribution in [2.75, 3.05) is 4.90 Å².